The summed E-state index contributed by atoms with van der Waals surface area (Å²) in [5, 5.41) is 15.3. The molecule has 1 saturated heterocycles. The fraction of sp³-hybridized carbons (Fsp3) is 0.297. The first kappa shape index (κ1) is 33.2. The van der Waals surface area contributed by atoms with Gasteiger partial charge in [-0.05, 0) is 60.4 Å². The Labute approximate surface area is 274 Å². The number of ether oxygens (including phenoxy) is 2. The van der Waals surface area contributed by atoms with Gasteiger partial charge >= 0.3 is 0 Å². The number of hydrogen-bond acceptors (Lipinski definition) is 7. The van der Waals surface area contributed by atoms with E-state index in [4.69, 9.17) is 15.2 Å². The number of benzene rings is 4. The number of aliphatic hydroxyl groups excluding tert-OH is 1. The zero-order chi connectivity index (χ0) is 32.1. The van der Waals surface area contributed by atoms with E-state index in [0.717, 1.165) is 35.3 Å². The molecule has 0 spiro atoms. The lowest BCUT2D eigenvalue weighted by atomic mass is 10.0. The first-order chi connectivity index (χ1) is 22.5. The number of anilines is 3. The molecule has 0 bridgehead atoms. The van der Waals surface area contributed by atoms with Crippen molar-refractivity contribution < 1.29 is 24.2 Å². The zero-order valence-electron chi connectivity index (χ0n) is 25.8. The molecule has 0 saturated carbocycles. The van der Waals surface area contributed by atoms with Crippen LogP contribution in [0.1, 0.15) is 67.6 Å². The number of para-hydroxylation sites is 2. The van der Waals surface area contributed by atoms with E-state index in [0.29, 0.717) is 42.7 Å². The molecule has 2 amide bonds. The van der Waals surface area contributed by atoms with E-state index in [1.165, 1.54) is 4.90 Å². The van der Waals surface area contributed by atoms with Gasteiger partial charge in [0.25, 0.3) is 0 Å². The third-order valence-electron chi connectivity index (χ3n) is 7.80. The monoisotopic (exact) mass is 639 g/mol. The van der Waals surface area contributed by atoms with Gasteiger partial charge in [0, 0.05) is 41.2 Å². The van der Waals surface area contributed by atoms with Gasteiger partial charge in [-0.1, -0.05) is 73.2 Å². The van der Waals surface area contributed by atoms with Crippen LogP contribution in [0, 0.1) is 0 Å². The first-order valence-corrected chi connectivity index (χ1v) is 16.7. The van der Waals surface area contributed by atoms with Gasteiger partial charge in [-0.15, -0.1) is 11.8 Å². The highest BCUT2D eigenvalue weighted by Crippen LogP contribution is 2.39. The van der Waals surface area contributed by atoms with Crippen molar-refractivity contribution in [3.63, 3.8) is 0 Å². The maximum Gasteiger partial charge on any atom is 0.224 e. The standard InChI is InChI=1S/C37H41N3O5S/c38-32-11-7-8-12-33(32)40-36(43)14-6-2-5-13-35(42)39-29-21-19-28(20-22-29)37-44-30(25-46-31-9-3-1-4-10-31)23-34(45-37)27-17-15-26(24-41)16-18-27/h1,3-4,7-12,15-22,30,34,37,41H,2,5-6,13-14,23-25,38H2,(H,39,42)(H,40,43)/t30-,34+,37+/m1/s1. The molecule has 240 valence electrons. The average molecular weight is 640 g/mol. The van der Waals surface area contributed by atoms with E-state index in [-0.39, 0.29) is 30.6 Å². The number of unbranched alkanes of at least 4 members (excludes halogenated alkanes) is 2. The Morgan fingerprint density at radius 2 is 1.41 bits per heavy atom. The minimum Gasteiger partial charge on any atom is -0.397 e. The van der Waals surface area contributed by atoms with Crippen LogP contribution in [0.4, 0.5) is 17.1 Å². The lowest BCUT2D eigenvalue weighted by Gasteiger charge is -2.36. The smallest absolute Gasteiger partial charge is 0.224 e. The fourth-order valence-corrected chi connectivity index (χ4v) is 6.19. The Bertz CT molecular complexity index is 1550. The van der Waals surface area contributed by atoms with Crippen LogP contribution in [0.3, 0.4) is 0 Å². The van der Waals surface area contributed by atoms with E-state index in [1.54, 1.807) is 23.9 Å². The summed E-state index contributed by atoms with van der Waals surface area (Å²) in [6, 6.07) is 32.9. The number of carbonyl (C=O) groups excluding carboxylic acids is 2. The van der Waals surface area contributed by atoms with Crippen LogP contribution >= 0.6 is 11.8 Å². The summed E-state index contributed by atoms with van der Waals surface area (Å²) in [6.07, 6.45) is 2.88. The first-order valence-electron chi connectivity index (χ1n) is 15.7. The number of nitrogens with two attached hydrogens (primary N) is 1. The molecule has 1 aliphatic heterocycles. The third-order valence-corrected chi connectivity index (χ3v) is 8.95. The average Bonchev–Trinajstić information content (AvgIpc) is 3.09. The van der Waals surface area contributed by atoms with Gasteiger partial charge in [-0.2, -0.15) is 0 Å². The summed E-state index contributed by atoms with van der Waals surface area (Å²) in [7, 11) is 0. The Hall–Kier alpha value is -4.15. The second kappa shape index (κ2) is 17.0. The van der Waals surface area contributed by atoms with Gasteiger partial charge in [-0.3, -0.25) is 9.59 Å². The number of nitrogen functional groups attached to an aromatic ring is 1. The van der Waals surface area contributed by atoms with Crippen LogP contribution in [0.25, 0.3) is 0 Å². The largest absolute Gasteiger partial charge is 0.397 e. The van der Waals surface area contributed by atoms with Crippen molar-refractivity contribution in [1.29, 1.82) is 0 Å². The molecule has 4 aromatic carbocycles. The lowest BCUT2D eigenvalue weighted by Crippen LogP contribution is -2.31. The second-order valence-corrected chi connectivity index (χ2v) is 12.4. The predicted octanol–water partition coefficient (Wildman–Crippen LogP) is 7.63. The molecule has 1 fully saturated rings. The summed E-state index contributed by atoms with van der Waals surface area (Å²) in [5.41, 5.74) is 10.5. The maximum atomic E-state index is 12.6. The normalized spacial score (nSPS) is 17.7. The van der Waals surface area contributed by atoms with Gasteiger partial charge in [-0.25, -0.2) is 0 Å². The Morgan fingerprint density at radius 1 is 0.761 bits per heavy atom. The third kappa shape index (κ3) is 9.92. The molecule has 1 aliphatic rings. The SMILES string of the molecule is Nc1ccccc1NC(=O)CCCCCC(=O)Nc1ccc([C@H]2O[C@@H](CSc3ccccc3)C[C@@H](c3ccc(CO)cc3)O2)cc1. The predicted molar refractivity (Wildman–Crippen MR) is 183 cm³/mol. The number of nitrogens with one attached hydrogen (secondary N) is 2. The molecule has 3 atom stereocenters. The van der Waals surface area contributed by atoms with Crippen LogP contribution in [0.15, 0.2) is 108 Å². The van der Waals surface area contributed by atoms with Crippen molar-refractivity contribution in [3.05, 3.63) is 120 Å². The highest BCUT2D eigenvalue weighted by molar-refractivity contribution is 7.99. The molecule has 9 heteroatoms. The summed E-state index contributed by atoms with van der Waals surface area (Å²) < 4.78 is 12.9. The number of carbonyl (C=O) groups is 2. The molecule has 0 aliphatic carbocycles. The number of thioether (sulfide) groups is 1. The molecule has 46 heavy (non-hydrogen) atoms. The minimum absolute atomic E-state index is 0.000934. The number of rotatable bonds is 14. The molecule has 1 heterocycles. The molecular weight excluding hydrogens is 598 g/mol. The Kier molecular flexibility index (Phi) is 12.2. The van der Waals surface area contributed by atoms with Crippen LogP contribution < -0.4 is 16.4 Å². The van der Waals surface area contributed by atoms with E-state index < -0.39 is 6.29 Å². The molecule has 5 N–H and O–H groups in total. The Balaban J connectivity index is 1.10. The number of aliphatic hydroxyl groups is 1. The second-order valence-electron chi connectivity index (χ2n) is 11.3. The Morgan fingerprint density at radius 3 is 2.11 bits per heavy atom. The van der Waals surface area contributed by atoms with E-state index >= 15 is 0 Å². The van der Waals surface area contributed by atoms with Crippen molar-refractivity contribution in [2.45, 2.75) is 68.5 Å². The van der Waals surface area contributed by atoms with Crippen molar-refractivity contribution in [1.82, 2.24) is 0 Å². The number of amides is 2. The highest BCUT2D eigenvalue weighted by atomic mass is 32.2. The summed E-state index contributed by atoms with van der Waals surface area (Å²) in [5.74, 6) is 0.639. The van der Waals surface area contributed by atoms with Crippen molar-refractivity contribution in [2.75, 3.05) is 22.1 Å². The van der Waals surface area contributed by atoms with E-state index in [9.17, 15) is 14.7 Å². The molecule has 0 radical (unpaired) electrons. The van der Waals surface area contributed by atoms with Gasteiger partial charge in [0.05, 0.1) is 30.2 Å². The van der Waals surface area contributed by atoms with E-state index in [2.05, 4.69) is 22.8 Å². The fourth-order valence-electron chi connectivity index (χ4n) is 5.25. The molecular formula is C37H41N3O5S. The summed E-state index contributed by atoms with van der Waals surface area (Å²) >= 11 is 1.76. The van der Waals surface area contributed by atoms with Crippen molar-refractivity contribution in [3.8, 4) is 0 Å². The molecule has 0 aromatic heterocycles. The highest BCUT2D eigenvalue weighted by Gasteiger charge is 2.32. The summed E-state index contributed by atoms with van der Waals surface area (Å²) in [6.45, 7) is 0.000934. The van der Waals surface area contributed by atoms with Crippen LogP contribution in [-0.2, 0) is 25.7 Å². The molecule has 4 aromatic rings. The van der Waals surface area contributed by atoms with Gasteiger partial charge in [0.1, 0.15) is 0 Å². The van der Waals surface area contributed by atoms with Gasteiger partial charge in [0.2, 0.25) is 11.8 Å². The van der Waals surface area contributed by atoms with Gasteiger partial charge in [0.15, 0.2) is 6.29 Å². The van der Waals surface area contributed by atoms with Crippen LogP contribution in [0.2, 0.25) is 0 Å². The van der Waals surface area contributed by atoms with Gasteiger partial charge < -0.3 is 30.9 Å². The quantitative estimate of drug-likeness (QED) is 0.0636. The van der Waals surface area contributed by atoms with Crippen molar-refractivity contribution in [2.24, 2.45) is 0 Å². The molecule has 0 unspecified atom stereocenters. The van der Waals surface area contributed by atoms with E-state index in [1.807, 2.05) is 78.9 Å². The van der Waals surface area contributed by atoms with Crippen LogP contribution in [-0.4, -0.2) is 28.8 Å². The minimum atomic E-state index is -0.557. The number of hydrogen-bond donors (Lipinski definition) is 4. The summed E-state index contributed by atoms with van der Waals surface area (Å²) in [4.78, 5) is 26.0. The van der Waals surface area contributed by atoms with Crippen LogP contribution in [0.5, 0.6) is 0 Å². The zero-order valence-corrected chi connectivity index (χ0v) is 26.6. The van der Waals surface area contributed by atoms with Crippen molar-refractivity contribution >= 4 is 40.6 Å². The maximum absolute atomic E-state index is 12.6. The topological polar surface area (TPSA) is 123 Å². The lowest BCUT2D eigenvalue weighted by molar-refractivity contribution is -0.245. The molecule has 5 rings (SSSR count). The molecule has 8 nitrogen and oxygen atoms in total.